The first kappa shape index (κ1) is 39.2. The molecule has 8 rings (SSSR count). The average molecular weight is 733 g/mol. The third-order valence-electron chi connectivity index (χ3n) is 8.04. The second kappa shape index (κ2) is 18.6. The van der Waals surface area contributed by atoms with E-state index in [2.05, 4.69) is 0 Å². The van der Waals surface area contributed by atoms with Crippen LogP contribution in [0.1, 0.15) is 41.4 Å². The maximum Gasteiger partial charge on any atom is 4.00 e. The Balaban J connectivity index is 0.000000157. The maximum atomic E-state index is 10.7. The van der Waals surface area contributed by atoms with Gasteiger partial charge in [-0.15, -0.1) is 0 Å². The largest absolute Gasteiger partial charge is 4.00 e. The summed E-state index contributed by atoms with van der Waals surface area (Å²) in [4.78, 5) is 42.8. The van der Waals surface area contributed by atoms with Gasteiger partial charge < -0.3 is 39.6 Å². The van der Waals surface area contributed by atoms with Gasteiger partial charge in [0.2, 0.25) is 0 Å². The Hall–Kier alpha value is -6.61. The first-order valence-corrected chi connectivity index (χ1v) is 15.9. The topological polar surface area (TPSA) is 161 Å². The van der Waals surface area contributed by atoms with E-state index in [-0.39, 0.29) is 44.0 Å². The van der Waals surface area contributed by atoms with E-state index in [1.165, 1.54) is 0 Å². The van der Waals surface area contributed by atoms with Crippen LogP contribution in [0.25, 0.3) is 43.1 Å². The van der Waals surface area contributed by atoms with Crippen molar-refractivity contribution in [1.29, 1.82) is 0 Å². The number of hydrogen-bond donors (Lipinski definition) is 0. The number of fused-ring (bicyclic) bond motifs is 4. The van der Waals surface area contributed by atoms with E-state index in [1.54, 1.807) is 72.8 Å². The summed E-state index contributed by atoms with van der Waals surface area (Å²) in [7, 11) is 0. The Morgan fingerprint density at radius 2 is 0.434 bits per heavy atom. The van der Waals surface area contributed by atoms with Crippen molar-refractivity contribution in [1.82, 2.24) is 0 Å². The van der Waals surface area contributed by atoms with Crippen LogP contribution in [0.4, 0.5) is 0 Å². The molecule has 0 heterocycles. The summed E-state index contributed by atoms with van der Waals surface area (Å²) in [5.74, 6) is -4.51. The van der Waals surface area contributed by atoms with Crippen LogP contribution in [-0.4, -0.2) is 23.9 Å². The summed E-state index contributed by atoms with van der Waals surface area (Å²) >= 11 is 0. The quantitative estimate of drug-likeness (QED) is 0.233. The molecule has 0 saturated heterocycles. The second-order valence-corrected chi connectivity index (χ2v) is 11.3. The van der Waals surface area contributed by atoms with Crippen molar-refractivity contribution in [3.8, 4) is 0 Å². The molecule has 9 heteroatoms. The van der Waals surface area contributed by atoms with Crippen molar-refractivity contribution >= 4 is 67.0 Å². The molecular formula is C44H28O8Ti. The Morgan fingerprint density at radius 3 is 0.623 bits per heavy atom. The van der Waals surface area contributed by atoms with Gasteiger partial charge in [0.05, 0.1) is 23.9 Å². The number of carbonyl (C=O) groups is 4. The zero-order chi connectivity index (χ0) is 37.0. The molecule has 53 heavy (non-hydrogen) atoms. The summed E-state index contributed by atoms with van der Waals surface area (Å²) in [6, 6.07) is 50.0. The number of benzene rings is 8. The van der Waals surface area contributed by atoms with Crippen molar-refractivity contribution in [2.75, 3.05) is 0 Å². The number of carbonyl (C=O) groups excluding carboxylic acids is 4. The van der Waals surface area contributed by atoms with Crippen LogP contribution >= 0.6 is 0 Å². The van der Waals surface area contributed by atoms with Crippen molar-refractivity contribution < 1.29 is 61.3 Å². The Morgan fingerprint density at radius 1 is 0.264 bits per heavy atom. The summed E-state index contributed by atoms with van der Waals surface area (Å²) in [6.45, 7) is 0. The van der Waals surface area contributed by atoms with E-state index in [1.807, 2.05) is 97.1 Å². The SMILES string of the molecule is O=C([O-])c1cccc2ccccc12.O=C([O-])c1cccc2ccccc12.O=C([O-])c1cccc2ccccc12.O=C([O-])c1cccc2ccccc12.[Ti+4]. The zero-order valence-corrected chi connectivity index (χ0v) is 29.5. The van der Waals surface area contributed by atoms with Gasteiger partial charge in [-0.2, -0.15) is 0 Å². The van der Waals surface area contributed by atoms with Gasteiger partial charge in [0.15, 0.2) is 0 Å². The minimum Gasteiger partial charge on any atom is -0.545 e. The fourth-order valence-electron chi connectivity index (χ4n) is 5.61. The molecule has 0 saturated carbocycles. The first-order chi connectivity index (χ1) is 25.2. The van der Waals surface area contributed by atoms with Crippen molar-refractivity contribution in [2.24, 2.45) is 0 Å². The van der Waals surface area contributed by atoms with Crippen LogP contribution < -0.4 is 20.4 Å². The van der Waals surface area contributed by atoms with E-state index in [4.69, 9.17) is 0 Å². The van der Waals surface area contributed by atoms with Gasteiger partial charge in [0.1, 0.15) is 0 Å². The molecule has 8 aromatic rings. The molecular weight excluding hydrogens is 704 g/mol. The van der Waals surface area contributed by atoms with Gasteiger partial charge >= 0.3 is 21.7 Å². The molecule has 0 N–H and O–H groups in total. The van der Waals surface area contributed by atoms with Crippen LogP contribution in [0.15, 0.2) is 170 Å². The molecule has 0 unspecified atom stereocenters. The van der Waals surface area contributed by atoms with Gasteiger partial charge in [-0.3, -0.25) is 0 Å². The van der Waals surface area contributed by atoms with Crippen LogP contribution in [0.5, 0.6) is 0 Å². The monoisotopic (exact) mass is 732 g/mol. The molecule has 8 nitrogen and oxygen atoms in total. The van der Waals surface area contributed by atoms with Gasteiger partial charge in [-0.05, 0) is 43.1 Å². The van der Waals surface area contributed by atoms with Crippen molar-refractivity contribution in [3.05, 3.63) is 192 Å². The van der Waals surface area contributed by atoms with E-state index >= 15 is 0 Å². The molecule has 0 aromatic heterocycles. The molecule has 8 aromatic carbocycles. The molecule has 0 aliphatic carbocycles. The molecule has 0 aliphatic heterocycles. The summed E-state index contributed by atoms with van der Waals surface area (Å²) in [5, 5.41) is 49.4. The molecule has 0 bridgehead atoms. The molecule has 0 amide bonds. The van der Waals surface area contributed by atoms with E-state index in [0.29, 0.717) is 0 Å². The fourth-order valence-corrected chi connectivity index (χ4v) is 5.61. The molecule has 256 valence electrons. The predicted molar refractivity (Wildman–Crippen MR) is 193 cm³/mol. The van der Waals surface area contributed by atoms with Crippen LogP contribution in [0, 0.1) is 0 Å². The molecule has 0 spiro atoms. The van der Waals surface area contributed by atoms with E-state index in [0.717, 1.165) is 43.1 Å². The molecule has 0 atom stereocenters. The molecule has 0 radical (unpaired) electrons. The third kappa shape index (κ3) is 9.80. The van der Waals surface area contributed by atoms with Gasteiger partial charge in [-0.1, -0.05) is 170 Å². The Kier molecular flexibility index (Phi) is 13.7. The number of hydrogen-bond acceptors (Lipinski definition) is 8. The minimum atomic E-state index is -1.13. The number of carboxylic acid groups (broad SMARTS) is 4. The van der Waals surface area contributed by atoms with Crippen molar-refractivity contribution in [3.63, 3.8) is 0 Å². The summed E-state index contributed by atoms with van der Waals surface area (Å²) < 4.78 is 0. The van der Waals surface area contributed by atoms with E-state index < -0.39 is 23.9 Å². The van der Waals surface area contributed by atoms with Crippen LogP contribution in [-0.2, 0) is 21.7 Å². The minimum absolute atomic E-state index is 0. The summed E-state index contributed by atoms with van der Waals surface area (Å²) in [6.07, 6.45) is 0. The van der Waals surface area contributed by atoms with Gasteiger partial charge in [0.25, 0.3) is 0 Å². The maximum absolute atomic E-state index is 10.7. The molecule has 0 aliphatic rings. The predicted octanol–water partition coefficient (Wildman–Crippen LogP) is 4.81. The van der Waals surface area contributed by atoms with Crippen LogP contribution in [0.3, 0.4) is 0 Å². The summed E-state index contributed by atoms with van der Waals surface area (Å²) in [5.41, 5.74) is 0.993. The van der Waals surface area contributed by atoms with Crippen LogP contribution in [0.2, 0.25) is 0 Å². The molecule has 0 fully saturated rings. The second-order valence-electron chi connectivity index (χ2n) is 11.3. The standard InChI is InChI=1S/4C11H8O2.Ti/c4*12-11(13)10-7-3-5-8-4-1-2-6-9(8)10;/h4*1-7H,(H,12,13);/q;;;;+4/p-4. The first-order valence-electron chi connectivity index (χ1n) is 15.9. The van der Waals surface area contributed by atoms with E-state index in [9.17, 15) is 39.6 Å². The number of rotatable bonds is 4. The fraction of sp³-hybridized carbons (Fsp3) is 0. The average Bonchev–Trinajstić information content (AvgIpc) is 3.17. The third-order valence-corrected chi connectivity index (χ3v) is 8.04. The van der Waals surface area contributed by atoms with Crippen molar-refractivity contribution in [2.45, 2.75) is 0 Å². The number of carboxylic acids is 4. The van der Waals surface area contributed by atoms with Gasteiger partial charge in [-0.25, -0.2) is 0 Å². The Labute approximate surface area is 319 Å². The smallest absolute Gasteiger partial charge is 0.545 e. The number of aromatic carboxylic acids is 4. The van der Waals surface area contributed by atoms with Gasteiger partial charge in [0, 0.05) is 22.3 Å². The zero-order valence-electron chi connectivity index (χ0n) is 27.9. The normalized spacial score (nSPS) is 9.96. The Bertz CT molecular complexity index is 2180.